The van der Waals surface area contributed by atoms with Crippen LogP contribution >= 0.6 is 0 Å². The van der Waals surface area contributed by atoms with E-state index >= 15 is 0 Å². The SMILES string of the molecule is Cc1cccc(-c2[nH]cnc2-c2ccc3ncc(N4CC(C(=O)O[C@@H]5CCN(C)C5)C4)cc3c2)n1. The van der Waals surface area contributed by atoms with Crippen molar-refractivity contribution in [2.24, 2.45) is 5.92 Å². The second-order valence-electron chi connectivity index (χ2n) is 9.60. The van der Waals surface area contributed by atoms with E-state index in [9.17, 15) is 4.79 Å². The van der Waals surface area contributed by atoms with E-state index in [4.69, 9.17) is 4.74 Å². The predicted molar refractivity (Wildman–Crippen MR) is 135 cm³/mol. The molecule has 8 heteroatoms. The first-order valence-corrected chi connectivity index (χ1v) is 12.0. The molecule has 2 aliphatic rings. The van der Waals surface area contributed by atoms with Gasteiger partial charge in [-0.05, 0) is 50.7 Å². The van der Waals surface area contributed by atoms with Crippen molar-refractivity contribution in [1.82, 2.24) is 24.8 Å². The number of imidazole rings is 1. The summed E-state index contributed by atoms with van der Waals surface area (Å²) in [5.74, 6) is -0.148. The minimum absolute atomic E-state index is 0.0317. The number of H-pyrrole nitrogens is 1. The van der Waals surface area contributed by atoms with Gasteiger partial charge in [-0.15, -0.1) is 0 Å². The maximum absolute atomic E-state index is 12.5. The maximum atomic E-state index is 12.5. The van der Waals surface area contributed by atoms with Gasteiger partial charge in [0.05, 0.1) is 46.7 Å². The number of anilines is 1. The molecule has 2 aliphatic heterocycles. The first-order chi connectivity index (χ1) is 17.0. The molecular weight excluding hydrogens is 440 g/mol. The van der Waals surface area contributed by atoms with Gasteiger partial charge in [-0.1, -0.05) is 12.1 Å². The Morgan fingerprint density at radius 1 is 1.11 bits per heavy atom. The Bertz CT molecular complexity index is 1390. The number of rotatable bonds is 5. The number of nitrogens with one attached hydrogen (secondary N) is 1. The van der Waals surface area contributed by atoms with Gasteiger partial charge in [0.15, 0.2) is 0 Å². The summed E-state index contributed by atoms with van der Waals surface area (Å²) >= 11 is 0. The number of likely N-dealkylation sites (N-methyl/N-ethyl adjacent to an activating group) is 1. The summed E-state index contributed by atoms with van der Waals surface area (Å²) in [5, 5.41) is 1.03. The van der Waals surface area contributed by atoms with Crippen molar-refractivity contribution in [2.75, 3.05) is 38.1 Å². The van der Waals surface area contributed by atoms with Crippen molar-refractivity contribution in [3.63, 3.8) is 0 Å². The number of ether oxygens (including phenoxy) is 1. The normalized spacial score (nSPS) is 18.7. The lowest BCUT2D eigenvalue weighted by Crippen LogP contribution is -2.51. The highest BCUT2D eigenvalue weighted by molar-refractivity contribution is 5.89. The molecule has 0 unspecified atom stereocenters. The monoisotopic (exact) mass is 468 g/mol. The second-order valence-corrected chi connectivity index (χ2v) is 9.60. The van der Waals surface area contributed by atoms with Crippen LogP contribution in [0.3, 0.4) is 0 Å². The summed E-state index contributed by atoms with van der Waals surface area (Å²) in [4.78, 5) is 34.0. The molecule has 1 aromatic carbocycles. The van der Waals surface area contributed by atoms with E-state index in [0.717, 1.165) is 64.4 Å². The van der Waals surface area contributed by atoms with Gasteiger partial charge in [-0.25, -0.2) is 4.98 Å². The smallest absolute Gasteiger partial charge is 0.312 e. The molecule has 4 aromatic rings. The number of hydrogen-bond acceptors (Lipinski definition) is 7. The number of hydrogen-bond donors (Lipinski definition) is 1. The number of benzene rings is 1. The van der Waals surface area contributed by atoms with E-state index in [1.807, 2.05) is 43.5 Å². The van der Waals surface area contributed by atoms with Crippen molar-refractivity contribution in [2.45, 2.75) is 19.4 Å². The van der Waals surface area contributed by atoms with Crippen molar-refractivity contribution in [3.05, 3.63) is 60.7 Å². The fourth-order valence-corrected chi connectivity index (χ4v) is 4.92. The van der Waals surface area contributed by atoms with Gasteiger partial charge >= 0.3 is 5.97 Å². The van der Waals surface area contributed by atoms with Crippen LogP contribution < -0.4 is 4.90 Å². The van der Waals surface area contributed by atoms with E-state index in [1.54, 1.807) is 6.33 Å². The predicted octanol–water partition coefficient (Wildman–Crippen LogP) is 3.68. The van der Waals surface area contributed by atoms with Crippen molar-refractivity contribution >= 4 is 22.6 Å². The summed E-state index contributed by atoms with van der Waals surface area (Å²) in [5.41, 5.74) is 6.53. The van der Waals surface area contributed by atoms with E-state index in [0.29, 0.717) is 13.1 Å². The lowest BCUT2D eigenvalue weighted by molar-refractivity contribution is -0.154. The third-order valence-corrected chi connectivity index (χ3v) is 6.94. The molecule has 0 saturated carbocycles. The molecular formula is C27H28N6O2. The Hall–Kier alpha value is -3.78. The van der Waals surface area contributed by atoms with E-state index in [1.165, 1.54) is 0 Å². The Morgan fingerprint density at radius 2 is 2.00 bits per heavy atom. The molecule has 0 amide bonds. The van der Waals surface area contributed by atoms with Crippen LogP contribution in [0.1, 0.15) is 12.1 Å². The molecule has 1 atom stereocenters. The minimum Gasteiger partial charge on any atom is -0.461 e. The lowest BCUT2D eigenvalue weighted by atomic mass is 9.99. The molecule has 35 heavy (non-hydrogen) atoms. The molecule has 2 fully saturated rings. The third-order valence-electron chi connectivity index (χ3n) is 6.94. The first kappa shape index (κ1) is 21.7. The molecule has 0 spiro atoms. The van der Waals surface area contributed by atoms with Gasteiger partial charge in [0, 0.05) is 42.8 Å². The summed E-state index contributed by atoms with van der Waals surface area (Å²) in [6.07, 6.45) is 4.54. The van der Waals surface area contributed by atoms with Gasteiger partial charge in [-0.2, -0.15) is 0 Å². The zero-order valence-electron chi connectivity index (χ0n) is 19.9. The van der Waals surface area contributed by atoms with E-state index in [-0.39, 0.29) is 18.0 Å². The minimum atomic E-state index is -0.0756. The first-order valence-electron chi connectivity index (χ1n) is 12.0. The van der Waals surface area contributed by atoms with Crippen LogP contribution in [0.15, 0.2) is 55.0 Å². The van der Waals surface area contributed by atoms with Crippen molar-refractivity contribution in [3.8, 4) is 22.6 Å². The molecule has 5 heterocycles. The number of aromatic amines is 1. The Kier molecular flexibility index (Phi) is 5.45. The summed E-state index contributed by atoms with van der Waals surface area (Å²) in [6.45, 7) is 5.13. The molecule has 0 bridgehead atoms. The number of aromatic nitrogens is 4. The number of nitrogens with zero attached hydrogens (tertiary/aromatic N) is 5. The quantitative estimate of drug-likeness (QED) is 0.447. The van der Waals surface area contributed by atoms with E-state index in [2.05, 4.69) is 48.9 Å². The van der Waals surface area contributed by atoms with Crippen molar-refractivity contribution < 1.29 is 9.53 Å². The van der Waals surface area contributed by atoms with Gasteiger partial charge in [0.1, 0.15) is 6.10 Å². The number of likely N-dealkylation sites (tertiary alicyclic amines) is 1. The van der Waals surface area contributed by atoms with Crippen LogP contribution in [-0.4, -0.2) is 70.1 Å². The second kappa shape index (κ2) is 8.78. The van der Waals surface area contributed by atoms with Crippen LogP contribution in [-0.2, 0) is 9.53 Å². The van der Waals surface area contributed by atoms with Crippen LogP contribution in [0.25, 0.3) is 33.5 Å². The van der Waals surface area contributed by atoms with Crippen LogP contribution in [0.2, 0.25) is 0 Å². The number of esters is 1. The third kappa shape index (κ3) is 4.25. The summed E-state index contributed by atoms with van der Waals surface area (Å²) < 4.78 is 5.71. The van der Waals surface area contributed by atoms with Gasteiger partial charge < -0.3 is 19.5 Å². The molecule has 178 valence electrons. The Labute approximate surface area is 204 Å². The molecule has 2 saturated heterocycles. The molecule has 6 rings (SSSR count). The summed E-state index contributed by atoms with van der Waals surface area (Å²) in [7, 11) is 2.06. The molecule has 0 radical (unpaired) electrons. The largest absolute Gasteiger partial charge is 0.461 e. The number of fused-ring (bicyclic) bond motifs is 1. The Morgan fingerprint density at radius 3 is 2.80 bits per heavy atom. The van der Waals surface area contributed by atoms with Crippen LogP contribution in [0, 0.1) is 12.8 Å². The van der Waals surface area contributed by atoms with Gasteiger partial charge in [0.25, 0.3) is 0 Å². The molecule has 1 N–H and O–H groups in total. The van der Waals surface area contributed by atoms with Crippen LogP contribution in [0.5, 0.6) is 0 Å². The number of carbonyl (C=O) groups is 1. The van der Waals surface area contributed by atoms with Gasteiger partial charge in [-0.3, -0.25) is 14.8 Å². The lowest BCUT2D eigenvalue weighted by Gasteiger charge is -2.39. The number of aryl methyl sites for hydroxylation is 1. The highest BCUT2D eigenvalue weighted by Gasteiger charge is 2.36. The molecule has 3 aromatic heterocycles. The topological polar surface area (TPSA) is 87.2 Å². The average molecular weight is 469 g/mol. The highest BCUT2D eigenvalue weighted by Crippen LogP contribution is 2.32. The number of pyridine rings is 2. The fraction of sp³-hybridized carbons (Fsp3) is 0.333. The Balaban J connectivity index is 1.19. The summed E-state index contributed by atoms with van der Waals surface area (Å²) in [6, 6.07) is 14.3. The zero-order valence-corrected chi connectivity index (χ0v) is 19.9. The average Bonchev–Trinajstić information content (AvgIpc) is 3.47. The zero-order chi connectivity index (χ0) is 23.9. The maximum Gasteiger partial charge on any atom is 0.312 e. The standard InChI is InChI=1S/C27H28N6O2/c1-17-4-3-5-24(31-17)26-25(29-16-30-26)18-6-7-23-19(10-18)11-21(12-28-23)33-13-20(14-33)27(34)35-22-8-9-32(2)15-22/h3-7,10-12,16,20,22H,8-9,13-15H2,1-2H3,(H,29,30)/t22-/m1/s1. The van der Waals surface area contributed by atoms with Crippen molar-refractivity contribution in [1.29, 1.82) is 0 Å². The molecule has 8 nitrogen and oxygen atoms in total. The van der Waals surface area contributed by atoms with E-state index < -0.39 is 0 Å². The fourth-order valence-electron chi connectivity index (χ4n) is 4.92. The van der Waals surface area contributed by atoms with Crippen LogP contribution in [0.4, 0.5) is 5.69 Å². The van der Waals surface area contributed by atoms with Gasteiger partial charge in [0.2, 0.25) is 0 Å². The number of carbonyl (C=O) groups excluding carboxylic acids is 1. The molecule has 0 aliphatic carbocycles. The highest BCUT2D eigenvalue weighted by atomic mass is 16.5.